The molecule has 0 aliphatic carbocycles. The molecule has 0 spiro atoms. The summed E-state index contributed by atoms with van der Waals surface area (Å²) < 4.78 is 5.64. The first-order chi connectivity index (χ1) is 11.1. The highest BCUT2D eigenvalue weighted by molar-refractivity contribution is 5.85. The molecule has 1 aromatic rings. The molecule has 0 saturated carbocycles. The average molecular weight is 350 g/mol. The lowest BCUT2D eigenvalue weighted by Crippen LogP contribution is -2.48. The number of rotatable bonds is 5. The van der Waals surface area contributed by atoms with Crippen molar-refractivity contribution in [2.75, 3.05) is 6.54 Å². The number of ether oxygens (including phenoxy) is 1. The van der Waals surface area contributed by atoms with Crippen LogP contribution in [0.25, 0.3) is 6.08 Å². The van der Waals surface area contributed by atoms with E-state index in [1.54, 1.807) is 0 Å². The quantitative estimate of drug-likeness (QED) is 0.638. The fourth-order valence-electron chi connectivity index (χ4n) is 2.68. The van der Waals surface area contributed by atoms with E-state index in [9.17, 15) is 4.79 Å². The number of benzene rings is 1. The summed E-state index contributed by atoms with van der Waals surface area (Å²) >= 11 is 0. The van der Waals surface area contributed by atoms with Crippen molar-refractivity contribution in [2.45, 2.75) is 39.3 Å². The SMILES string of the molecule is CC(C)C(=O)OC1CCNC(/C=C/C=C/c2ccccc2)C1C.Cl. The van der Waals surface area contributed by atoms with Gasteiger partial charge in [-0.15, -0.1) is 12.4 Å². The zero-order valence-corrected chi connectivity index (χ0v) is 15.5. The molecule has 1 saturated heterocycles. The smallest absolute Gasteiger partial charge is 0.308 e. The minimum atomic E-state index is -0.101. The summed E-state index contributed by atoms with van der Waals surface area (Å²) in [5, 5.41) is 3.49. The molecule has 3 nitrogen and oxygen atoms in total. The van der Waals surface area contributed by atoms with Gasteiger partial charge in [0.1, 0.15) is 6.10 Å². The second kappa shape index (κ2) is 10.3. The number of hydrogen-bond acceptors (Lipinski definition) is 3. The monoisotopic (exact) mass is 349 g/mol. The third kappa shape index (κ3) is 6.14. The lowest BCUT2D eigenvalue weighted by atomic mass is 9.89. The first-order valence-corrected chi connectivity index (χ1v) is 8.41. The number of carbonyl (C=O) groups excluding carboxylic acids is 1. The summed E-state index contributed by atoms with van der Waals surface area (Å²) in [6.45, 7) is 6.76. The summed E-state index contributed by atoms with van der Waals surface area (Å²) in [6, 6.07) is 10.5. The van der Waals surface area contributed by atoms with E-state index >= 15 is 0 Å². The lowest BCUT2D eigenvalue weighted by Gasteiger charge is -2.35. The first kappa shape index (κ1) is 20.5. The van der Waals surface area contributed by atoms with Crippen LogP contribution < -0.4 is 5.32 Å². The molecule has 1 aliphatic heterocycles. The highest BCUT2D eigenvalue weighted by Gasteiger charge is 2.31. The number of hydrogen-bond donors (Lipinski definition) is 1. The van der Waals surface area contributed by atoms with Gasteiger partial charge in [0.15, 0.2) is 0 Å². The molecule has 0 aromatic heterocycles. The largest absolute Gasteiger partial charge is 0.462 e. The fraction of sp³-hybridized carbons (Fsp3) is 0.450. The van der Waals surface area contributed by atoms with Crippen molar-refractivity contribution in [1.82, 2.24) is 5.32 Å². The van der Waals surface area contributed by atoms with E-state index in [-0.39, 0.29) is 42.4 Å². The van der Waals surface area contributed by atoms with Crippen molar-refractivity contribution >= 4 is 24.5 Å². The fourth-order valence-corrected chi connectivity index (χ4v) is 2.68. The summed E-state index contributed by atoms with van der Waals surface area (Å²) in [5.41, 5.74) is 1.19. The van der Waals surface area contributed by atoms with Gasteiger partial charge >= 0.3 is 5.97 Å². The summed E-state index contributed by atoms with van der Waals surface area (Å²) in [5.74, 6) is 0.100. The van der Waals surface area contributed by atoms with Crippen LogP contribution in [-0.4, -0.2) is 24.7 Å². The predicted octanol–water partition coefficient (Wildman–Crippen LogP) is 4.24. The molecular formula is C20H28ClNO2. The Bertz CT molecular complexity index is 554. The number of halogens is 1. The molecular weight excluding hydrogens is 322 g/mol. The van der Waals surface area contributed by atoms with Gasteiger partial charge in [0, 0.05) is 12.0 Å². The van der Waals surface area contributed by atoms with Crippen molar-refractivity contribution < 1.29 is 9.53 Å². The normalized spacial score (nSPS) is 24.2. The van der Waals surface area contributed by atoms with Crippen LogP contribution in [-0.2, 0) is 9.53 Å². The number of carbonyl (C=O) groups is 1. The van der Waals surface area contributed by atoms with Gasteiger partial charge in [-0.05, 0) is 18.5 Å². The molecule has 1 aromatic carbocycles. The molecule has 3 unspecified atom stereocenters. The van der Waals surface area contributed by atoms with Crippen LogP contribution in [0.5, 0.6) is 0 Å². The standard InChI is InChI=1S/C20H27NO2.ClH/c1-15(2)20(22)23-19-13-14-21-18(16(19)3)12-8-7-11-17-9-5-4-6-10-17;/h4-12,15-16,18-19,21H,13-14H2,1-3H3;1H/b11-7+,12-8+;. The van der Waals surface area contributed by atoms with Gasteiger partial charge < -0.3 is 10.1 Å². The summed E-state index contributed by atoms with van der Waals surface area (Å²) in [7, 11) is 0. The van der Waals surface area contributed by atoms with E-state index in [1.165, 1.54) is 5.56 Å². The molecule has 0 radical (unpaired) electrons. The molecule has 1 N–H and O–H groups in total. The number of piperidine rings is 1. The van der Waals surface area contributed by atoms with E-state index in [2.05, 4.69) is 42.6 Å². The van der Waals surface area contributed by atoms with Crippen LogP contribution in [0.4, 0.5) is 0 Å². The first-order valence-electron chi connectivity index (χ1n) is 8.41. The van der Waals surface area contributed by atoms with E-state index < -0.39 is 0 Å². The Kier molecular flexibility index (Phi) is 8.80. The molecule has 1 aliphatic rings. The average Bonchev–Trinajstić information content (AvgIpc) is 2.55. The van der Waals surface area contributed by atoms with Gasteiger partial charge in [0.05, 0.1) is 5.92 Å². The van der Waals surface area contributed by atoms with Crippen molar-refractivity contribution in [2.24, 2.45) is 11.8 Å². The van der Waals surface area contributed by atoms with Crippen LogP contribution in [0.3, 0.4) is 0 Å². The molecule has 24 heavy (non-hydrogen) atoms. The Labute approximate surface area is 151 Å². The van der Waals surface area contributed by atoms with Crippen molar-refractivity contribution in [1.29, 1.82) is 0 Å². The summed E-state index contributed by atoms with van der Waals surface area (Å²) in [4.78, 5) is 11.8. The van der Waals surface area contributed by atoms with Gasteiger partial charge in [-0.25, -0.2) is 0 Å². The maximum atomic E-state index is 11.8. The minimum absolute atomic E-state index is 0. The van der Waals surface area contributed by atoms with Gasteiger partial charge in [-0.1, -0.05) is 75.4 Å². The number of esters is 1. The molecule has 2 rings (SSSR count). The Hall–Kier alpha value is -1.58. The topological polar surface area (TPSA) is 38.3 Å². The van der Waals surface area contributed by atoms with Crippen molar-refractivity contribution in [3.63, 3.8) is 0 Å². The van der Waals surface area contributed by atoms with E-state index in [0.29, 0.717) is 0 Å². The molecule has 132 valence electrons. The van der Waals surface area contributed by atoms with Gasteiger partial charge in [0.2, 0.25) is 0 Å². The Balaban J connectivity index is 0.00000288. The van der Waals surface area contributed by atoms with Crippen LogP contribution in [0.2, 0.25) is 0 Å². The number of nitrogens with one attached hydrogen (secondary N) is 1. The second-order valence-corrected chi connectivity index (χ2v) is 6.41. The molecule has 3 atom stereocenters. The van der Waals surface area contributed by atoms with Crippen molar-refractivity contribution in [3.8, 4) is 0 Å². The van der Waals surface area contributed by atoms with Crippen LogP contribution in [0, 0.1) is 11.8 Å². The molecule has 1 fully saturated rings. The Morgan fingerprint density at radius 3 is 2.62 bits per heavy atom. The lowest BCUT2D eigenvalue weighted by molar-refractivity contribution is -0.157. The van der Waals surface area contributed by atoms with Crippen LogP contribution >= 0.6 is 12.4 Å². The Morgan fingerprint density at radius 2 is 1.96 bits per heavy atom. The van der Waals surface area contributed by atoms with Crippen molar-refractivity contribution in [3.05, 3.63) is 54.1 Å². The van der Waals surface area contributed by atoms with E-state index in [1.807, 2.05) is 38.1 Å². The summed E-state index contributed by atoms with van der Waals surface area (Å²) in [6.07, 6.45) is 9.23. The van der Waals surface area contributed by atoms with Gasteiger partial charge in [-0.2, -0.15) is 0 Å². The molecule has 1 heterocycles. The van der Waals surface area contributed by atoms with E-state index in [4.69, 9.17) is 4.74 Å². The Morgan fingerprint density at radius 1 is 1.25 bits per heavy atom. The number of allylic oxidation sites excluding steroid dienone is 2. The second-order valence-electron chi connectivity index (χ2n) is 6.41. The van der Waals surface area contributed by atoms with Gasteiger partial charge in [0.25, 0.3) is 0 Å². The van der Waals surface area contributed by atoms with E-state index in [0.717, 1.165) is 13.0 Å². The zero-order chi connectivity index (χ0) is 16.7. The molecule has 0 amide bonds. The van der Waals surface area contributed by atoms with Crippen LogP contribution in [0.15, 0.2) is 48.6 Å². The maximum absolute atomic E-state index is 11.8. The van der Waals surface area contributed by atoms with Crippen LogP contribution in [0.1, 0.15) is 32.8 Å². The van der Waals surface area contributed by atoms with Gasteiger partial charge in [-0.3, -0.25) is 4.79 Å². The molecule has 0 bridgehead atoms. The highest BCUT2D eigenvalue weighted by Crippen LogP contribution is 2.22. The zero-order valence-electron chi connectivity index (χ0n) is 14.6. The predicted molar refractivity (Wildman–Crippen MR) is 102 cm³/mol. The third-order valence-electron chi connectivity index (χ3n) is 4.22. The highest BCUT2D eigenvalue weighted by atomic mass is 35.5. The molecule has 4 heteroatoms. The minimum Gasteiger partial charge on any atom is -0.462 e. The third-order valence-corrected chi connectivity index (χ3v) is 4.22. The maximum Gasteiger partial charge on any atom is 0.308 e.